The number of rotatable bonds is 10. The molecule has 0 unspecified atom stereocenters. The molecule has 1 saturated heterocycles. The molecule has 13 nitrogen and oxygen atoms in total. The van der Waals surface area contributed by atoms with Crippen LogP contribution in [0.1, 0.15) is 26.8 Å². The van der Waals surface area contributed by atoms with Crippen LogP contribution in [0.25, 0.3) is 22.2 Å². The van der Waals surface area contributed by atoms with E-state index in [1.165, 1.54) is 25.4 Å². The number of para-hydroxylation sites is 1. The molecule has 2 aromatic carbocycles. The van der Waals surface area contributed by atoms with Crippen LogP contribution in [0.4, 0.5) is 27.8 Å². The largest absolute Gasteiger partial charge is 0.494 e. The Morgan fingerprint density at radius 3 is 2.48 bits per heavy atom. The lowest BCUT2D eigenvalue weighted by Crippen LogP contribution is -2.35. The number of hydrogen-bond donors (Lipinski definition) is 0. The van der Waals surface area contributed by atoms with E-state index in [0.717, 1.165) is 21.4 Å². The highest BCUT2D eigenvalue weighted by Crippen LogP contribution is 2.43. The van der Waals surface area contributed by atoms with Crippen molar-refractivity contribution in [3.8, 4) is 17.0 Å². The molecule has 0 saturated carbocycles. The Morgan fingerprint density at radius 2 is 1.87 bits per heavy atom. The van der Waals surface area contributed by atoms with Gasteiger partial charge in [-0.1, -0.05) is 29.8 Å². The van der Waals surface area contributed by atoms with Gasteiger partial charge >= 0.3 is 6.09 Å². The summed E-state index contributed by atoms with van der Waals surface area (Å²) in [7, 11) is 7.03. The van der Waals surface area contributed by atoms with Gasteiger partial charge in [0.25, 0.3) is 5.69 Å². The second-order valence-electron chi connectivity index (χ2n) is 12.3. The number of halogens is 1. The van der Waals surface area contributed by atoms with Crippen molar-refractivity contribution in [3.63, 3.8) is 0 Å². The molecule has 0 radical (unpaired) electrons. The summed E-state index contributed by atoms with van der Waals surface area (Å²) >= 11 is 6.72. The molecule has 0 aliphatic carbocycles. The van der Waals surface area contributed by atoms with E-state index < -0.39 is 16.6 Å². The lowest BCUT2D eigenvalue weighted by atomic mass is 10.1. The van der Waals surface area contributed by atoms with Crippen molar-refractivity contribution in [2.24, 2.45) is 0 Å². The van der Waals surface area contributed by atoms with Crippen LogP contribution in [0.2, 0.25) is 5.02 Å². The van der Waals surface area contributed by atoms with Crippen molar-refractivity contribution in [2.75, 3.05) is 64.4 Å². The van der Waals surface area contributed by atoms with Gasteiger partial charge in [0.2, 0.25) is 5.95 Å². The molecule has 244 valence electrons. The third-order valence-electron chi connectivity index (χ3n) is 7.52. The van der Waals surface area contributed by atoms with E-state index in [1.807, 2.05) is 49.5 Å². The maximum Gasteiger partial charge on any atom is 0.422 e. The van der Waals surface area contributed by atoms with Crippen molar-refractivity contribution in [1.82, 2.24) is 19.4 Å². The molecule has 46 heavy (non-hydrogen) atoms. The number of methoxy groups -OCH3 is 1. The summed E-state index contributed by atoms with van der Waals surface area (Å²) in [5, 5.41) is 13.6. The first kappa shape index (κ1) is 32.9. The van der Waals surface area contributed by atoms with Crippen molar-refractivity contribution < 1.29 is 23.9 Å². The number of ether oxygens (including phenoxy) is 3. The second kappa shape index (κ2) is 13.1. The summed E-state index contributed by atoms with van der Waals surface area (Å²) in [6.07, 6.45) is 2.52. The molecule has 1 amide bonds. The van der Waals surface area contributed by atoms with Crippen molar-refractivity contribution in [1.29, 1.82) is 0 Å². The first-order valence-corrected chi connectivity index (χ1v) is 15.1. The molecular formula is C32H38ClN7O6. The molecule has 1 aliphatic rings. The van der Waals surface area contributed by atoms with Crippen LogP contribution in [0.5, 0.6) is 5.75 Å². The number of carbonyl (C=O) groups is 1. The summed E-state index contributed by atoms with van der Waals surface area (Å²) in [6.45, 7) is 7.51. The Hall–Kier alpha value is -4.46. The maximum absolute atomic E-state index is 13.9. The molecular weight excluding hydrogens is 614 g/mol. The Balaban J connectivity index is 1.69. The molecule has 4 aromatic rings. The topological polar surface area (TPSA) is 128 Å². The minimum Gasteiger partial charge on any atom is -0.494 e. The third kappa shape index (κ3) is 6.71. The van der Waals surface area contributed by atoms with Gasteiger partial charge in [0, 0.05) is 54.9 Å². The van der Waals surface area contributed by atoms with Crippen LogP contribution in [0.3, 0.4) is 0 Å². The van der Waals surface area contributed by atoms with Gasteiger partial charge in [-0.15, -0.1) is 0 Å². The molecule has 5 rings (SSSR count). The molecule has 0 atom stereocenters. The molecule has 0 N–H and O–H groups in total. The number of anilines is 3. The number of likely N-dealkylation sites (N-methyl/N-ethyl adjacent to an activating group) is 2. The molecule has 1 fully saturated rings. The summed E-state index contributed by atoms with van der Waals surface area (Å²) in [5.41, 5.74) is 1.31. The predicted molar refractivity (Wildman–Crippen MR) is 178 cm³/mol. The number of carbonyl (C=O) groups excluding carboxylic acids is 1. The zero-order valence-electron chi connectivity index (χ0n) is 27.0. The highest BCUT2D eigenvalue weighted by Gasteiger charge is 2.34. The van der Waals surface area contributed by atoms with Crippen molar-refractivity contribution >= 4 is 51.6 Å². The standard InChI is InChI=1S/C32H38ClN7O6/c1-32(2,3)46-31(41)39(27-14-26(40(42)43)25(15-28(27)44-7)37(6)13-12-36(4)5)30-34-16-23(33)29(35-30)22-17-38(20-18-45-19-20)24-11-9-8-10-21(22)24/h8-11,14-17,20H,12-13,18-19H2,1-7H3. The zero-order chi connectivity index (χ0) is 33.3. The first-order valence-electron chi connectivity index (χ1n) is 14.7. The monoisotopic (exact) mass is 651 g/mol. The van der Waals surface area contributed by atoms with Crippen LogP contribution < -0.4 is 14.5 Å². The highest BCUT2D eigenvalue weighted by molar-refractivity contribution is 6.33. The molecule has 2 aromatic heterocycles. The fourth-order valence-corrected chi connectivity index (χ4v) is 5.33. The minimum atomic E-state index is -0.908. The summed E-state index contributed by atoms with van der Waals surface area (Å²) < 4.78 is 19.1. The van der Waals surface area contributed by atoms with E-state index in [2.05, 4.69) is 9.55 Å². The van der Waals surface area contributed by atoms with Gasteiger partial charge in [-0.25, -0.2) is 19.7 Å². The van der Waals surface area contributed by atoms with Gasteiger partial charge in [0.1, 0.15) is 22.7 Å². The van der Waals surface area contributed by atoms with Crippen LogP contribution in [0.15, 0.2) is 48.8 Å². The molecule has 1 aliphatic heterocycles. The molecule has 3 heterocycles. The highest BCUT2D eigenvalue weighted by atomic mass is 35.5. The quantitative estimate of drug-likeness (QED) is 0.142. The lowest BCUT2D eigenvalue weighted by Gasteiger charge is -2.28. The van der Waals surface area contributed by atoms with E-state index in [1.54, 1.807) is 32.7 Å². The number of nitrogens with zero attached hydrogens (tertiary/aromatic N) is 7. The van der Waals surface area contributed by atoms with Crippen molar-refractivity contribution in [3.05, 3.63) is 63.9 Å². The van der Waals surface area contributed by atoms with E-state index in [-0.39, 0.29) is 34.1 Å². The number of hydrogen-bond acceptors (Lipinski definition) is 10. The fraction of sp³-hybridized carbons (Fsp3) is 0.406. The normalized spacial score (nSPS) is 13.5. The molecule has 0 spiro atoms. The number of nitro benzene ring substituents is 1. The van der Waals surface area contributed by atoms with E-state index in [4.69, 9.17) is 30.8 Å². The fourth-order valence-electron chi connectivity index (χ4n) is 5.14. The molecule has 0 bridgehead atoms. The number of benzene rings is 2. The van der Waals surface area contributed by atoms with Crippen LogP contribution in [-0.2, 0) is 9.47 Å². The summed E-state index contributed by atoms with van der Waals surface area (Å²) in [6, 6.07) is 10.9. The SMILES string of the molecule is COc1cc(N(C)CCN(C)C)c([N+](=O)[O-])cc1N(C(=O)OC(C)(C)C)c1ncc(Cl)c(-c2cn(C3COC3)c3ccccc23)n1. The minimum absolute atomic E-state index is 0.0375. The Labute approximate surface area is 272 Å². The zero-order valence-corrected chi connectivity index (χ0v) is 27.7. The number of aromatic nitrogens is 3. The van der Waals surface area contributed by atoms with Gasteiger partial charge < -0.3 is 28.6 Å². The van der Waals surface area contributed by atoms with Crippen LogP contribution in [0, 0.1) is 10.1 Å². The Morgan fingerprint density at radius 1 is 1.15 bits per heavy atom. The molecule has 14 heteroatoms. The van der Waals surface area contributed by atoms with Gasteiger partial charge in [-0.3, -0.25) is 10.1 Å². The first-order chi connectivity index (χ1) is 21.8. The Kier molecular flexibility index (Phi) is 9.38. The van der Waals surface area contributed by atoms with Gasteiger partial charge in [0.05, 0.1) is 48.2 Å². The van der Waals surface area contributed by atoms with Crippen LogP contribution >= 0.6 is 11.6 Å². The van der Waals surface area contributed by atoms with E-state index >= 15 is 0 Å². The number of fused-ring (bicyclic) bond motifs is 1. The average Bonchev–Trinajstić information content (AvgIpc) is 3.33. The maximum atomic E-state index is 13.9. The van der Waals surface area contributed by atoms with Gasteiger partial charge in [-0.05, 0) is 40.9 Å². The smallest absolute Gasteiger partial charge is 0.422 e. The van der Waals surface area contributed by atoms with E-state index in [9.17, 15) is 14.9 Å². The van der Waals surface area contributed by atoms with Crippen molar-refractivity contribution in [2.45, 2.75) is 32.4 Å². The average molecular weight is 652 g/mol. The Bertz CT molecular complexity index is 1770. The van der Waals surface area contributed by atoms with E-state index in [0.29, 0.717) is 37.7 Å². The third-order valence-corrected chi connectivity index (χ3v) is 7.80. The number of nitro groups is 1. The second-order valence-corrected chi connectivity index (χ2v) is 12.7. The summed E-state index contributed by atoms with van der Waals surface area (Å²) in [5.74, 6) is 0.0867. The lowest BCUT2D eigenvalue weighted by molar-refractivity contribution is -0.384. The summed E-state index contributed by atoms with van der Waals surface area (Å²) in [4.78, 5) is 39.9. The van der Waals surface area contributed by atoms with Gasteiger partial charge in [0.15, 0.2) is 0 Å². The van der Waals surface area contributed by atoms with Gasteiger partial charge in [-0.2, -0.15) is 0 Å². The number of amides is 1. The predicted octanol–water partition coefficient (Wildman–Crippen LogP) is 6.31. The van der Waals surface area contributed by atoms with Crippen LogP contribution in [-0.4, -0.2) is 90.6 Å².